The topological polar surface area (TPSA) is 58.8 Å². The van der Waals surface area contributed by atoms with Crippen molar-refractivity contribution in [3.63, 3.8) is 0 Å². The summed E-state index contributed by atoms with van der Waals surface area (Å²) in [5.74, 6) is 0.224. The lowest BCUT2D eigenvalue weighted by molar-refractivity contribution is -0.138. The van der Waals surface area contributed by atoms with Gasteiger partial charge in [0.15, 0.2) is 5.58 Å². The number of carbonyl (C=O) groups excluding carboxylic acids is 1. The summed E-state index contributed by atoms with van der Waals surface area (Å²) in [6.07, 6.45) is 0.829. The molecule has 0 radical (unpaired) electrons. The number of hydrogen-bond acceptors (Lipinski definition) is 5. The molecule has 1 aromatic heterocycles. The van der Waals surface area contributed by atoms with Gasteiger partial charge in [-0.05, 0) is 18.6 Å². The Kier molecular flexibility index (Phi) is 3.87. The molecule has 6 nitrogen and oxygen atoms in total. The Morgan fingerprint density at radius 3 is 2.91 bits per heavy atom. The number of hydrogen-bond donors (Lipinski definition) is 0. The summed E-state index contributed by atoms with van der Waals surface area (Å²) >= 11 is 5.98. The summed E-state index contributed by atoms with van der Waals surface area (Å²) in [6, 6.07) is 5.97. The second-order valence-corrected chi connectivity index (χ2v) is 6.41. The van der Waals surface area contributed by atoms with Crippen LogP contribution >= 0.6 is 11.6 Å². The third kappa shape index (κ3) is 2.88. The molecule has 0 bridgehead atoms. The molecule has 1 unspecified atom stereocenters. The number of halogens is 1. The number of rotatable bonds is 2. The average Bonchev–Trinajstić information content (AvgIpc) is 3.21. The number of aromatic nitrogens is 1. The van der Waals surface area contributed by atoms with Crippen molar-refractivity contribution in [3.05, 3.63) is 23.2 Å². The van der Waals surface area contributed by atoms with Crippen LogP contribution in [-0.4, -0.2) is 55.2 Å². The first-order chi connectivity index (χ1) is 11.2. The van der Waals surface area contributed by atoms with Gasteiger partial charge in [-0.1, -0.05) is 11.6 Å². The predicted octanol–water partition coefficient (Wildman–Crippen LogP) is 2.17. The van der Waals surface area contributed by atoms with Crippen molar-refractivity contribution in [2.24, 2.45) is 5.92 Å². The number of ether oxygens (including phenoxy) is 1. The highest BCUT2D eigenvalue weighted by Gasteiger charge is 2.33. The molecular formula is C16H18ClN3O3. The Hall–Kier alpha value is -1.79. The van der Waals surface area contributed by atoms with Crippen molar-refractivity contribution in [1.82, 2.24) is 9.88 Å². The van der Waals surface area contributed by atoms with E-state index in [0.29, 0.717) is 49.5 Å². The Bertz CT molecular complexity index is 726. The Morgan fingerprint density at radius 2 is 2.09 bits per heavy atom. The number of benzene rings is 1. The smallest absolute Gasteiger partial charge is 0.298 e. The van der Waals surface area contributed by atoms with Crippen LogP contribution in [0.3, 0.4) is 0 Å². The molecular weight excluding hydrogens is 318 g/mol. The maximum Gasteiger partial charge on any atom is 0.298 e. The molecule has 3 heterocycles. The summed E-state index contributed by atoms with van der Waals surface area (Å²) < 4.78 is 11.1. The highest BCUT2D eigenvalue weighted by atomic mass is 35.5. The van der Waals surface area contributed by atoms with Crippen LogP contribution in [0.4, 0.5) is 6.01 Å². The van der Waals surface area contributed by atoms with Gasteiger partial charge >= 0.3 is 0 Å². The van der Waals surface area contributed by atoms with Gasteiger partial charge in [0.1, 0.15) is 5.52 Å². The lowest BCUT2D eigenvalue weighted by atomic mass is 10.1. The molecule has 0 saturated carbocycles. The maximum atomic E-state index is 12.6. The Morgan fingerprint density at radius 1 is 1.26 bits per heavy atom. The molecule has 0 N–H and O–H groups in total. The zero-order chi connectivity index (χ0) is 15.8. The van der Waals surface area contributed by atoms with Crippen LogP contribution < -0.4 is 4.90 Å². The first-order valence-electron chi connectivity index (χ1n) is 7.88. The molecule has 122 valence electrons. The van der Waals surface area contributed by atoms with E-state index in [4.69, 9.17) is 20.8 Å². The molecule has 0 aliphatic carbocycles. The molecule has 0 spiro atoms. The summed E-state index contributed by atoms with van der Waals surface area (Å²) in [7, 11) is 0. The van der Waals surface area contributed by atoms with Gasteiger partial charge in [-0.2, -0.15) is 4.98 Å². The van der Waals surface area contributed by atoms with E-state index in [1.807, 2.05) is 15.9 Å². The molecule has 2 aliphatic rings. The summed E-state index contributed by atoms with van der Waals surface area (Å²) in [6.45, 7) is 4.08. The number of nitrogens with zero attached hydrogens (tertiary/aromatic N) is 3. The van der Waals surface area contributed by atoms with Crippen LogP contribution in [0.1, 0.15) is 6.42 Å². The molecule has 2 fully saturated rings. The number of fused-ring (bicyclic) bond motifs is 1. The second-order valence-electron chi connectivity index (χ2n) is 5.98. The van der Waals surface area contributed by atoms with Gasteiger partial charge in [-0.3, -0.25) is 4.79 Å². The third-order valence-corrected chi connectivity index (χ3v) is 4.71. The lowest BCUT2D eigenvalue weighted by Gasteiger charge is -2.29. The lowest BCUT2D eigenvalue weighted by Crippen LogP contribution is -2.44. The van der Waals surface area contributed by atoms with Gasteiger partial charge in [-0.25, -0.2) is 0 Å². The fourth-order valence-corrected chi connectivity index (χ4v) is 3.36. The van der Waals surface area contributed by atoms with E-state index in [9.17, 15) is 4.79 Å². The van der Waals surface area contributed by atoms with Crippen LogP contribution in [0.5, 0.6) is 0 Å². The monoisotopic (exact) mass is 335 g/mol. The zero-order valence-electron chi connectivity index (χ0n) is 12.7. The number of oxazole rings is 1. The van der Waals surface area contributed by atoms with Crippen LogP contribution in [0.15, 0.2) is 22.6 Å². The van der Waals surface area contributed by atoms with Gasteiger partial charge in [0.2, 0.25) is 5.91 Å². The molecule has 23 heavy (non-hydrogen) atoms. The normalized spacial score (nSPS) is 22.0. The summed E-state index contributed by atoms with van der Waals surface area (Å²) in [5, 5.41) is 0.627. The fourth-order valence-electron chi connectivity index (χ4n) is 3.20. The molecule has 4 rings (SSSR count). The van der Waals surface area contributed by atoms with E-state index >= 15 is 0 Å². The molecule has 1 atom stereocenters. The highest BCUT2D eigenvalue weighted by molar-refractivity contribution is 6.31. The van der Waals surface area contributed by atoms with Crippen molar-refractivity contribution in [3.8, 4) is 0 Å². The first kappa shape index (κ1) is 14.8. The standard InChI is InChI=1S/C16H18ClN3O3/c17-12-1-2-13-14(9-12)23-16(18-13)20-4-3-11(10-20)15(21)19-5-7-22-8-6-19/h1-2,9,11H,3-8,10H2. The van der Waals surface area contributed by atoms with Crippen LogP contribution in [0.2, 0.25) is 5.02 Å². The van der Waals surface area contributed by atoms with E-state index in [1.165, 1.54) is 0 Å². The van der Waals surface area contributed by atoms with Crippen molar-refractivity contribution >= 4 is 34.6 Å². The van der Waals surface area contributed by atoms with E-state index in [1.54, 1.807) is 12.1 Å². The molecule has 1 amide bonds. The van der Waals surface area contributed by atoms with Gasteiger partial charge in [0, 0.05) is 37.3 Å². The minimum absolute atomic E-state index is 0.00620. The average molecular weight is 336 g/mol. The SMILES string of the molecule is O=C(C1CCN(c2nc3ccc(Cl)cc3o2)C1)N1CCOCC1. The minimum atomic E-state index is 0.00620. The quantitative estimate of drug-likeness (QED) is 0.841. The molecule has 1 aromatic carbocycles. The Balaban J connectivity index is 1.47. The largest absolute Gasteiger partial charge is 0.423 e. The zero-order valence-corrected chi connectivity index (χ0v) is 13.5. The predicted molar refractivity (Wildman–Crippen MR) is 86.7 cm³/mol. The van der Waals surface area contributed by atoms with Gasteiger partial charge in [-0.15, -0.1) is 0 Å². The van der Waals surface area contributed by atoms with E-state index in [0.717, 1.165) is 18.5 Å². The number of anilines is 1. The third-order valence-electron chi connectivity index (χ3n) is 4.47. The summed E-state index contributed by atoms with van der Waals surface area (Å²) in [4.78, 5) is 21.0. The van der Waals surface area contributed by atoms with Gasteiger partial charge < -0.3 is 19.0 Å². The number of carbonyl (C=O) groups is 1. The van der Waals surface area contributed by atoms with Crippen molar-refractivity contribution in [2.75, 3.05) is 44.3 Å². The van der Waals surface area contributed by atoms with E-state index in [2.05, 4.69) is 4.98 Å². The Labute approximate surface area is 138 Å². The van der Waals surface area contributed by atoms with Crippen molar-refractivity contribution in [2.45, 2.75) is 6.42 Å². The van der Waals surface area contributed by atoms with Gasteiger partial charge in [0.05, 0.1) is 19.1 Å². The first-order valence-corrected chi connectivity index (χ1v) is 8.26. The summed E-state index contributed by atoms with van der Waals surface area (Å²) in [5.41, 5.74) is 1.46. The number of amides is 1. The van der Waals surface area contributed by atoms with Crippen molar-refractivity contribution < 1.29 is 13.9 Å². The highest BCUT2D eigenvalue weighted by Crippen LogP contribution is 2.29. The van der Waals surface area contributed by atoms with Crippen molar-refractivity contribution in [1.29, 1.82) is 0 Å². The molecule has 7 heteroatoms. The van der Waals surface area contributed by atoms with E-state index in [-0.39, 0.29) is 11.8 Å². The maximum absolute atomic E-state index is 12.6. The molecule has 2 saturated heterocycles. The second kappa shape index (κ2) is 6.02. The molecule has 2 aromatic rings. The van der Waals surface area contributed by atoms with Crippen LogP contribution in [0, 0.1) is 5.92 Å². The fraction of sp³-hybridized carbons (Fsp3) is 0.500. The van der Waals surface area contributed by atoms with Gasteiger partial charge in [0.25, 0.3) is 6.01 Å². The minimum Gasteiger partial charge on any atom is -0.423 e. The van der Waals surface area contributed by atoms with Crippen LogP contribution in [-0.2, 0) is 9.53 Å². The number of morpholine rings is 1. The van der Waals surface area contributed by atoms with Crippen LogP contribution in [0.25, 0.3) is 11.1 Å². The molecule has 2 aliphatic heterocycles. The van der Waals surface area contributed by atoms with E-state index < -0.39 is 0 Å².